The number of benzene rings is 2. The minimum absolute atomic E-state index is 0.681. The van der Waals surface area contributed by atoms with E-state index in [9.17, 15) is 0 Å². The molecule has 22 heavy (non-hydrogen) atoms. The molecule has 2 aromatic carbocycles. The second kappa shape index (κ2) is 8.65. The van der Waals surface area contributed by atoms with Crippen LogP contribution >= 0.6 is 11.6 Å². The third-order valence-electron chi connectivity index (χ3n) is 3.53. The Morgan fingerprint density at radius 2 is 1.68 bits per heavy atom. The average molecular weight is 315 g/mol. The van der Waals surface area contributed by atoms with Crippen LogP contribution < -0.4 is 4.74 Å². The summed E-state index contributed by atoms with van der Waals surface area (Å²) in [7, 11) is 0. The van der Waals surface area contributed by atoms with Crippen LogP contribution in [0.25, 0.3) is 11.1 Å². The van der Waals surface area contributed by atoms with Crippen LogP contribution in [0.15, 0.2) is 48.5 Å². The Morgan fingerprint density at radius 1 is 1.00 bits per heavy atom. The van der Waals surface area contributed by atoms with Gasteiger partial charge >= 0.3 is 0 Å². The molecule has 0 N–H and O–H groups in total. The molecule has 0 aliphatic heterocycles. The Hall–Kier alpha value is -1.73. The molecule has 0 amide bonds. The molecule has 1 nitrogen and oxygen atoms in total. The molecule has 2 heteroatoms. The summed E-state index contributed by atoms with van der Waals surface area (Å²) in [6.07, 6.45) is 5.57. The van der Waals surface area contributed by atoms with E-state index in [0.717, 1.165) is 28.3 Å². The summed E-state index contributed by atoms with van der Waals surface area (Å²) in [6, 6.07) is 16.5. The topological polar surface area (TPSA) is 9.23 Å². The van der Waals surface area contributed by atoms with Gasteiger partial charge in [0.15, 0.2) is 0 Å². The number of rotatable bonds is 7. The van der Waals surface area contributed by atoms with Crippen LogP contribution in [0, 0.1) is 0 Å². The summed E-state index contributed by atoms with van der Waals surface area (Å²) in [6.45, 7) is 4.87. The largest absolute Gasteiger partial charge is 0.494 e. The van der Waals surface area contributed by atoms with E-state index in [1.165, 1.54) is 18.4 Å². The Kier molecular flexibility index (Phi) is 6.54. The zero-order valence-corrected chi connectivity index (χ0v) is 14.1. The first kappa shape index (κ1) is 16.6. The van der Waals surface area contributed by atoms with Crippen LogP contribution in [0.2, 0.25) is 0 Å². The first-order chi connectivity index (χ1) is 10.7. The van der Waals surface area contributed by atoms with E-state index in [2.05, 4.69) is 31.2 Å². The Bertz CT molecular complexity index is 597. The van der Waals surface area contributed by atoms with Gasteiger partial charge in [-0.1, -0.05) is 61.3 Å². The number of aryl methyl sites for hydroxylation is 1. The number of halogens is 1. The maximum atomic E-state index is 6.43. The lowest BCUT2D eigenvalue weighted by molar-refractivity contribution is 0.340. The SMILES string of the molecule is CCCCc1ccc(/C(Cl)=C/c2ccc(OCC)cc2)cc1. The molecule has 116 valence electrons. The van der Waals surface area contributed by atoms with Crippen molar-refractivity contribution in [3.63, 3.8) is 0 Å². The molecule has 0 fully saturated rings. The van der Waals surface area contributed by atoms with E-state index in [-0.39, 0.29) is 0 Å². The molecule has 0 saturated carbocycles. The van der Waals surface area contributed by atoms with Gasteiger partial charge in [-0.05, 0) is 54.7 Å². The van der Waals surface area contributed by atoms with Crippen molar-refractivity contribution < 1.29 is 4.74 Å². The molecular weight excluding hydrogens is 292 g/mol. The Labute approximate surface area is 138 Å². The summed E-state index contributed by atoms with van der Waals surface area (Å²) < 4.78 is 5.44. The fraction of sp³-hybridized carbons (Fsp3) is 0.300. The zero-order chi connectivity index (χ0) is 15.8. The summed E-state index contributed by atoms with van der Waals surface area (Å²) >= 11 is 6.43. The van der Waals surface area contributed by atoms with Gasteiger partial charge in [0.05, 0.1) is 6.61 Å². The van der Waals surface area contributed by atoms with E-state index >= 15 is 0 Å². The molecule has 2 aromatic rings. The molecule has 0 unspecified atom stereocenters. The van der Waals surface area contributed by atoms with Gasteiger partial charge in [0, 0.05) is 5.03 Å². The zero-order valence-electron chi connectivity index (χ0n) is 13.3. The van der Waals surface area contributed by atoms with E-state index in [4.69, 9.17) is 16.3 Å². The van der Waals surface area contributed by atoms with Crippen molar-refractivity contribution in [3.8, 4) is 5.75 Å². The highest BCUT2D eigenvalue weighted by molar-refractivity contribution is 6.51. The highest BCUT2D eigenvalue weighted by Gasteiger charge is 2.00. The molecular formula is C20H23ClO. The third kappa shape index (κ3) is 4.92. The summed E-state index contributed by atoms with van der Waals surface area (Å²) in [5, 5.41) is 0.756. The van der Waals surface area contributed by atoms with Crippen LogP contribution in [0.1, 0.15) is 43.4 Å². The van der Waals surface area contributed by atoms with Gasteiger partial charge in [-0.15, -0.1) is 0 Å². The first-order valence-electron chi connectivity index (χ1n) is 7.92. The Morgan fingerprint density at radius 3 is 2.27 bits per heavy atom. The number of hydrogen-bond acceptors (Lipinski definition) is 1. The van der Waals surface area contributed by atoms with Gasteiger partial charge in [0.25, 0.3) is 0 Å². The minimum atomic E-state index is 0.681. The minimum Gasteiger partial charge on any atom is -0.494 e. The standard InChI is InChI=1S/C20H23ClO/c1-3-5-6-16-7-11-18(12-8-16)20(21)15-17-9-13-19(14-10-17)22-4-2/h7-15H,3-6H2,1-2H3/b20-15-. The van der Waals surface area contributed by atoms with Gasteiger partial charge in [0.1, 0.15) is 5.75 Å². The number of unbranched alkanes of at least 4 members (excludes halogenated alkanes) is 1. The van der Waals surface area contributed by atoms with Crippen molar-refractivity contribution in [3.05, 3.63) is 65.2 Å². The maximum Gasteiger partial charge on any atom is 0.119 e. The lowest BCUT2D eigenvalue weighted by Crippen LogP contribution is -1.90. The van der Waals surface area contributed by atoms with Crippen LogP contribution in [0.5, 0.6) is 5.75 Å². The molecule has 2 rings (SSSR count). The van der Waals surface area contributed by atoms with Crippen LogP contribution in [-0.2, 0) is 6.42 Å². The third-order valence-corrected chi connectivity index (χ3v) is 3.86. The van der Waals surface area contributed by atoms with Crippen molar-refractivity contribution in [2.75, 3.05) is 6.61 Å². The maximum absolute atomic E-state index is 6.43. The van der Waals surface area contributed by atoms with Gasteiger partial charge < -0.3 is 4.74 Å². The monoisotopic (exact) mass is 314 g/mol. The van der Waals surface area contributed by atoms with Crippen molar-refractivity contribution in [2.24, 2.45) is 0 Å². The van der Waals surface area contributed by atoms with Crippen molar-refractivity contribution in [1.82, 2.24) is 0 Å². The number of ether oxygens (including phenoxy) is 1. The second-order valence-corrected chi connectivity index (χ2v) is 5.70. The molecule has 0 aromatic heterocycles. The van der Waals surface area contributed by atoms with E-state index in [0.29, 0.717) is 6.61 Å². The summed E-state index contributed by atoms with van der Waals surface area (Å²) in [4.78, 5) is 0. The van der Waals surface area contributed by atoms with Crippen LogP contribution in [-0.4, -0.2) is 6.61 Å². The van der Waals surface area contributed by atoms with Gasteiger partial charge in [-0.2, -0.15) is 0 Å². The summed E-state index contributed by atoms with van der Waals surface area (Å²) in [5.74, 6) is 0.885. The fourth-order valence-electron chi connectivity index (χ4n) is 2.27. The van der Waals surface area contributed by atoms with Crippen LogP contribution in [0.3, 0.4) is 0 Å². The average Bonchev–Trinajstić information content (AvgIpc) is 2.55. The second-order valence-electron chi connectivity index (χ2n) is 5.29. The summed E-state index contributed by atoms with van der Waals surface area (Å²) in [5.41, 5.74) is 3.50. The van der Waals surface area contributed by atoms with E-state index < -0.39 is 0 Å². The first-order valence-corrected chi connectivity index (χ1v) is 8.30. The van der Waals surface area contributed by atoms with Crippen molar-refractivity contribution in [2.45, 2.75) is 33.1 Å². The predicted molar refractivity (Wildman–Crippen MR) is 96.4 cm³/mol. The quantitative estimate of drug-likeness (QED) is 0.556. The molecule has 0 bridgehead atoms. The molecule has 0 aliphatic carbocycles. The molecule has 0 saturated heterocycles. The molecule has 0 aliphatic rings. The molecule has 0 heterocycles. The fourth-order valence-corrected chi connectivity index (χ4v) is 2.52. The highest BCUT2D eigenvalue weighted by Crippen LogP contribution is 2.24. The van der Waals surface area contributed by atoms with E-state index in [1.807, 2.05) is 37.3 Å². The van der Waals surface area contributed by atoms with Crippen molar-refractivity contribution >= 4 is 22.7 Å². The van der Waals surface area contributed by atoms with Gasteiger partial charge in [-0.25, -0.2) is 0 Å². The Balaban J connectivity index is 2.07. The number of hydrogen-bond donors (Lipinski definition) is 0. The van der Waals surface area contributed by atoms with Gasteiger partial charge in [0.2, 0.25) is 0 Å². The predicted octanol–water partition coefficient (Wildman–Crippen LogP) is 6.16. The normalized spacial score (nSPS) is 11.5. The van der Waals surface area contributed by atoms with Crippen molar-refractivity contribution in [1.29, 1.82) is 0 Å². The van der Waals surface area contributed by atoms with Gasteiger partial charge in [-0.3, -0.25) is 0 Å². The van der Waals surface area contributed by atoms with Crippen LogP contribution in [0.4, 0.5) is 0 Å². The molecule has 0 radical (unpaired) electrons. The van der Waals surface area contributed by atoms with E-state index in [1.54, 1.807) is 0 Å². The smallest absolute Gasteiger partial charge is 0.119 e. The highest BCUT2D eigenvalue weighted by atomic mass is 35.5. The lowest BCUT2D eigenvalue weighted by Gasteiger charge is -2.05. The molecule has 0 spiro atoms. The lowest BCUT2D eigenvalue weighted by atomic mass is 10.1. The molecule has 0 atom stereocenters.